The molecule has 10 heteroatoms. The van der Waals surface area contributed by atoms with Gasteiger partial charge in [-0.3, -0.25) is 9.69 Å². The van der Waals surface area contributed by atoms with E-state index in [0.717, 1.165) is 0 Å². The number of benzene rings is 2. The Bertz CT molecular complexity index is 1060. The maximum atomic E-state index is 13.1. The molecule has 2 aromatic rings. The minimum atomic E-state index is -2.94. The van der Waals surface area contributed by atoms with Crippen LogP contribution in [0.1, 0.15) is 12.5 Å². The number of hydrogen-bond donors (Lipinski definition) is 1. The quantitative estimate of drug-likeness (QED) is 0.496. The number of thioether (sulfide) groups is 1. The zero-order chi connectivity index (χ0) is 23.1. The molecule has 0 saturated heterocycles. The summed E-state index contributed by atoms with van der Waals surface area (Å²) < 4.78 is 34.6. The first kappa shape index (κ1) is 23.6. The Kier molecular flexibility index (Phi) is 8.13. The van der Waals surface area contributed by atoms with E-state index in [2.05, 4.69) is 9.73 Å². The second kappa shape index (κ2) is 11.0. The van der Waals surface area contributed by atoms with Crippen LogP contribution in [-0.2, 0) is 4.79 Å². The molecule has 1 N–H and O–H groups in total. The number of amidine groups is 1. The van der Waals surface area contributed by atoms with Crippen molar-refractivity contribution in [3.05, 3.63) is 65.3 Å². The summed E-state index contributed by atoms with van der Waals surface area (Å²) >= 11 is 6.87. The average Bonchev–Trinajstić information content (AvgIpc) is 3.06. The van der Waals surface area contributed by atoms with Crippen molar-refractivity contribution in [2.45, 2.75) is 13.5 Å². The van der Waals surface area contributed by atoms with Crippen LogP contribution in [0.15, 0.2) is 64.8 Å². The third-order valence-electron chi connectivity index (χ3n) is 4.13. The Balaban J connectivity index is 1.93. The van der Waals surface area contributed by atoms with E-state index in [9.17, 15) is 18.7 Å². The fourth-order valence-electron chi connectivity index (χ4n) is 2.81. The normalized spacial score (nSPS) is 15.2. The van der Waals surface area contributed by atoms with Crippen LogP contribution in [0.3, 0.4) is 0 Å². The van der Waals surface area contributed by atoms with Crippen LogP contribution >= 0.6 is 23.4 Å². The molecule has 0 spiro atoms. The summed E-state index contributed by atoms with van der Waals surface area (Å²) in [4.78, 5) is 19.0. The molecule has 0 saturated carbocycles. The molecule has 0 atom stereocenters. The van der Waals surface area contributed by atoms with Crippen molar-refractivity contribution >= 4 is 46.2 Å². The van der Waals surface area contributed by atoms with Gasteiger partial charge in [-0.25, -0.2) is 4.99 Å². The lowest BCUT2D eigenvalue weighted by Crippen LogP contribution is -2.30. The van der Waals surface area contributed by atoms with Crippen molar-refractivity contribution in [2.24, 2.45) is 4.99 Å². The first-order valence-electron chi connectivity index (χ1n) is 9.46. The second-order valence-electron chi connectivity index (χ2n) is 6.27. The number of nitrogens with zero attached hydrogens (tertiary/aromatic N) is 2. The molecule has 0 unspecified atom stereocenters. The topological polar surface area (TPSA) is 71.4 Å². The molecule has 0 aromatic heterocycles. The highest BCUT2D eigenvalue weighted by atomic mass is 35.5. The van der Waals surface area contributed by atoms with Gasteiger partial charge >= 0.3 is 6.61 Å². The number of rotatable bonds is 8. The number of ether oxygens (including phenoxy) is 2. The molecule has 0 aliphatic carbocycles. The Morgan fingerprint density at radius 3 is 2.66 bits per heavy atom. The van der Waals surface area contributed by atoms with Gasteiger partial charge in [0.15, 0.2) is 16.7 Å². The minimum absolute atomic E-state index is 0.00733. The third kappa shape index (κ3) is 5.80. The highest BCUT2D eigenvalue weighted by molar-refractivity contribution is 8.14. The van der Waals surface area contributed by atoms with Crippen molar-refractivity contribution in [3.8, 4) is 17.2 Å². The number of halogens is 3. The average molecular weight is 481 g/mol. The third-order valence-corrected chi connectivity index (χ3v) is 5.20. The van der Waals surface area contributed by atoms with Gasteiger partial charge in [-0.2, -0.15) is 8.78 Å². The number of phenols is 1. The molecule has 1 amide bonds. The Morgan fingerprint density at radius 2 is 2.00 bits per heavy atom. The molecule has 1 aliphatic heterocycles. The molecule has 0 fully saturated rings. The van der Waals surface area contributed by atoms with Crippen LogP contribution in [0.2, 0.25) is 0 Å². The summed E-state index contributed by atoms with van der Waals surface area (Å²) in [6, 6.07) is 10.4. The zero-order valence-corrected chi connectivity index (χ0v) is 18.4. The second-order valence-corrected chi connectivity index (χ2v) is 7.51. The zero-order valence-electron chi connectivity index (χ0n) is 16.9. The van der Waals surface area contributed by atoms with Gasteiger partial charge in [0.05, 0.1) is 12.3 Å². The first-order chi connectivity index (χ1) is 15.4. The summed E-state index contributed by atoms with van der Waals surface area (Å²) in [5, 5.41) is 10.3. The smallest absolute Gasteiger partial charge is 0.387 e. The molecule has 2 aromatic carbocycles. The van der Waals surface area contributed by atoms with Gasteiger partial charge in [0.1, 0.15) is 11.4 Å². The van der Waals surface area contributed by atoms with E-state index in [0.29, 0.717) is 34.5 Å². The number of alkyl halides is 2. The molecule has 32 heavy (non-hydrogen) atoms. The lowest BCUT2D eigenvalue weighted by molar-refractivity contribution is -0.113. The lowest BCUT2D eigenvalue weighted by Gasteiger charge is -2.18. The number of phenolic OH excluding ortho intramolecular Hbond substituents is 1. The van der Waals surface area contributed by atoms with E-state index in [4.69, 9.17) is 16.3 Å². The summed E-state index contributed by atoms with van der Waals surface area (Å²) in [7, 11) is 0. The van der Waals surface area contributed by atoms with Crippen molar-refractivity contribution < 1.29 is 28.2 Å². The predicted octanol–water partition coefficient (Wildman–Crippen LogP) is 5.62. The fourth-order valence-corrected chi connectivity index (χ4v) is 3.82. The molecule has 6 nitrogen and oxygen atoms in total. The Morgan fingerprint density at radius 1 is 1.25 bits per heavy atom. The van der Waals surface area contributed by atoms with Crippen LogP contribution in [0.5, 0.6) is 17.2 Å². The van der Waals surface area contributed by atoms with E-state index in [1.807, 2.05) is 0 Å². The molecule has 0 bridgehead atoms. The largest absolute Gasteiger partial charge is 0.504 e. The Hall–Kier alpha value is -3.04. The predicted molar refractivity (Wildman–Crippen MR) is 123 cm³/mol. The number of anilines is 1. The van der Waals surface area contributed by atoms with Crippen molar-refractivity contribution in [2.75, 3.05) is 17.3 Å². The number of amides is 1. The van der Waals surface area contributed by atoms with Crippen LogP contribution in [0.4, 0.5) is 14.5 Å². The fraction of sp³-hybridized carbons (Fsp3) is 0.182. The van der Waals surface area contributed by atoms with Gasteiger partial charge in [-0.1, -0.05) is 35.5 Å². The van der Waals surface area contributed by atoms with Crippen LogP contribution in [0, 0.1) is 0 Å². The standard InChI is InChI=1S/C22H19ClF2N2O4S/c1-2-30-19-13-14(4-9-18(19)28)12-17-20(29)27(22(26-17)32-11-3-10-23)15-5-7-16(8-6-15)31-21(24)25/h3-10,12-13,21,28H,2,11H2,1H3/b10-3+,17-12-. The molecular formula is C22H19ClF2N2O4S. The molecular weight excluding hydrogens is 462 g/mol. The van der Waals surface area contributed by atoms with E-state index in [1.165, 1.54) is 52.5 Å². The van der Waals surface area contributed by atoms with Gasteiger partial charge in [-0.15, -0.1) is 0 Å². The van der Waals surface area contributed by atoms with E-state index in [-0.39, 0.29) is 17.2 Å². The maximum Gasteiger partial charge on any atom is 0.387 e. The van der Waals surface area contributed by atoms with Crippen LogP contribution in [0.25, 0.3) is 6.08 Å². The van der Waals surface area contributed by atoms with E-state index >= 15 is 0 Å². The van der Waals surface area contributed by atoms with Gasteiger partial charge in [0.25, 0.3) is 5.91 Å². The molecule has 0 radical (unpaired) electrons. The van der Waals surface area contributed by atoms with Gasteiger partial charge < -0.3 is 14.6 Å². The SMILES string of the molecule is CCOc1cc(/C=C2\N=C(SC/C=C/Cl)N(c3ccc(OC(F)F)cc3)C2=O)ccc1O. The summed E-state index contributed by atoms with van der Waals surface area (Å²) in [5.74, 6) is 0.349. The number of aromatic hydroxyl groups is 1. The van der Waals surface area contributed by atoms with Gasteiger partial charge in [0, 0.05) is 11.3 Å². The number of carbonyl (C=O) groups excluding carboxylic acids is 1. The monoisotopic (exact) mass is 480 g/mol. The maximum absolute atomic E-state index is 13.1. The van der Waals surface area contributed by atoms with Crippen molar-refractivity contribution in [3.63, 3.8) is 0 Å². The first-order valence-corrected chi connectivity index (χ1v) is 10.9. The number of aliphatic imine (C=N–C) groups is 1. The summed E-state index contributed by atoms with van der Waals surface area (Å²) in [5.41, 5.74) is 2.60. The van der Waals surface area contributed by atoms with Gasteiger partial charge in [0.2, 0.25) is 0 Å². The number of hydrogen-bond acceptors (Lipinski definition) is 6. The van der Waals surface area contributed by atoms with Crippen LogP contribution in [-0.4, -0.2) is 35.2 Å². The summed E-state index contributed by atoms with van der Waals surface area (Å²) in [6.45, 7) is -0.770. The van der Waals surface area contributed by atoms with E-state index in [1.54, 1.807) is 31.2 Å². The molecule has 3 rings (SSSR count). The van der Waals surface area contributed by atoms with Gasteiger partial charge in [-0.05, 0) is 55.0 Å². The van der Waals surface area contributed by atoms with Crippen molar-refractivity contribution in [1.29, 1.82) is 0 Å². The highest BCUT2D eigenvalue weighted by Gasteiger charge is 2.32. The molecule has 1 aliphatic rings. The summed E-state index contributed by atoms with van der Waals surface area (Å²) in [6.07, 6.45) is 3.28. The minimum Gasteiger partial charge on any atom is -0.504 e. The lowest BCUT2D eigenvalue weighted by atomic mass is 10.1. The molecule has 168 valence electrons. The van der Waals surface area contributed by atoms with E-state index < -0.39 is 12.5 Å². The number of carbonyl (C=O) groups is 1. The molecule has 1 heterocycles. The van der Waals surface area contributed by atoms with Crippen molar-refractivity contribution in [1.82, 2.24) is 0 Å². The highest BCUT2D eigenvalue weighted by Crippen LogP contribution is 2.32. The Labute approximate surface area is 192 Å². The van der Waals surface area contributed by atoms with Crippen LogP contribution < -0.4 is 14.4 Å².